The summed E-state index contributed by atoms with van der Waals surface area (Å²) >= 11 is 1.22. The van der Waals surface area contributed by atoms with Gasteiger partial charge in [-0.3, -0.25) is 4.79 Å². The largest absolute Gasteiger partial charge is 0.339 e. The van der Waals surface area contributed by atoms with Crippen molar-refractivity contribution in [3.8, 4) is 0 Å². The van der Waals surface area contributed by atoms with Crippen LogP contribution in [0, 0.1) is 12.8 Å². The molecule has 1 saturated heterocycles. The molecular weight excluding hydrogens is 346 g/mol. The van der Waals surface area contributed by atoms with Gasteiger partial charge in [-0.05, 0) is 38.4 Å². The second-order valence-corrected chi connectivity index (χ2v) is 10.0. The van der Waals surface area contributed by atoms with E-state index in [0.717, 1.165) is 18.0 Å². The van der Waals surface area contributed by atoms with Crippen molar-refractivity contribution in [2.75, 3.05) is 33.2 Å². The van der Waals surface area contributed by atoms with E-state index in [-0.39, 0.29) is 16.0 Å². The molecule has 0 bridgehead atoms. The number of amides is 1. The minimum atomic E-state index is -3.67. The Morgan fingerprint density at radius 1 is 1.25 bits per heavy atom. The van der Waals surface area contributed by atoms with Crippen LogP contribution in [0.4, 0.5) is 0 Å². The average Bonchev–Trinajstić information content (AvgIpc) is 2.93. The molecule has 0 unspecified atom stereocenters. The third-order valence-corrected chi connectivity index (χ3v) is 7.06. The van der Waals surface area contributed by atoms with Crippen LogP contribution in [-0.2, 0) is 14.8 Å². The highest BCUT2D eigenvalue weighted by atomic mass is 32.2. The van der Waals surface area contributed by atoms with Crippen LogP contribution in [0.25, 0.3) is 0 Å². The topological polar surface area (TPSA) is 69.7 Å². The van der Waals surface area contributed by atoms with Crippen LogP contribution in [0.15, 0.2) is 16.3 Å². The van der Waals surface area contributed by atoms with Crippen LogP contribution in [0.5, 0.6) is 0 Å². The zero-order chi connectivity index (χ0) is 17.9. The number of piperazine rings is 1. The van der Waals surface area contributed by atoms with E-state index in [1.807, 2.05) is 27.8 Å². The summed E-state index contributed by atoms with van der Waals surface area (Å²) in [4.78, 5) is 17.7. The van der Waals surface area contributed by atoms with Gasteiger partial charge in [0.1, 0.15) is 10.3 Å². The van der Waals surface area contributed by atoms with Gasteiger partial charge < -0.3 is 9.80 Å². The van der Waals surface area contributed by atoms with Crippen molar-refractivity contribution in [1.82, 2.24) is 14.5 Å². The van der Waals surface area contributed by atoms with Gasteiger partial charge in [-0.2, -0.15) is 4.72 Å². The van der Waals surface area contributed by atoms with E-state index in [0.29, 0.717) is 19.5 Å². The molecule has 1 aliphatic heterocycles. The minimum Gasteiger partial charge on any atom is -0.339 e. The summed E-state index contributed by atoms with van der Waals surface area (Å²) in [6.45, 7) is 8.77. The number of aryl methyl sites for hydroxylation is 1. The van der Waals surface area contributed by atoms with E-state index in [1.54, 1.807) is 17.0 Å². The molecule has 1 atom stereocenters. The maximum atomic E-state index is 12.8. The first-order valence-corrected chi connectivity index (χ1v) is 10.5. The molecule has 0 spiro atoms. The predicted octanol–water partition coefficient (Wildman–Crippen LogP) is 1.52. The number of rotatable bonds is 6. The quantitative estimate of drug-likeness (QED) is 0.821. The number of sulfonamides is 1. The number of nitrogens with zero attached hydrogens (tertiary/aromatic N) is 2. The zero-order valence-corrected chi connectivity index (χ0v) is 16.4. The summed E-state index contributed by atoms with van der Waals surface area (Å²) in [6.07, 6.45) is 0.495. The molecule has 0 radical (unpaired) electrons. The molecule has 8 heteroatoms. The summed E-state index contributed by atoms with van der Waals surface area (Å²) in [5.74, 6) is 0.104. The lowest BCUT2D eigenvalue weighted by Crippen LogP contribution is -2.54. The molecule has 2 rings (SSSR count). The van der Waals surface area contributed by atoms with Crippen molar-refractivity contribution >= 4 is 27.3 Å². The number of likely N-dealkylation sites (N-methyl/N-ethyl adjacent to an activating group) is 1. The van der Waals surface area contributed by atoms with Crippen LogP contribution in [0.2, 0.25) is 0 Å². The van der Waals surface area contributed by atoms with E-state index in [9.17, 15) is 13.2 Å². The molecule has 6 nitrogen and oxygen atoms in total. The fourth-order valence-corrected chi connectivity index (χ4v) is 5.22. The molecule has 0 aliphatic carbocycles. The Bertz CT molecular complexity index is 662. The Balaban J connectivity index is 2.14. The van der Waals surface area contributed by atoms with Crippen LogP contribution in [0.3, 0.4) is 0 Å². The second kappa shape index (κ2) is 7.95. The van der Waals surface area contributed by atoms with Gasteiger partial charge in [0.05, 0.1) is 0 Å². The molecule has 1 aromatic rings. The van der Waals surface area contributed by atoms with Crippen molar-refractivity contribution in [2.24, 2.45) is 5.92 Å². The van der Waals surface area contributed by atoms with Crippen molar-refractivity contribution in [3.63, 3.8) is 0 Å². The van der Waals surface area contributed by atoms with Crippen molar-refractivity contribution in [2.45, 2.75) is 37.4 Å². The Labute approximate surface area is 148 Å². The molecule has 1 aliphatic rings. The molecule has 136 valence electrons. The SMILES string of the molecule is Cc1ccc(S(=O)(=O)N[C@@H](CC(C)C)C(=O)N2CCN(C)CC2)s1. The van der Waals surface area contributed by atoms with Crippen molar-refractivity contribution in [1.29, 1.82) is 0 Å². The first kappa shape index (κ1) is 19.4. The van der Waals surface area contributed by atoms with E-state index in [1.165, 1.54) is 11.3 Å². The molecule has 24 heavy (non-hydrogen) atoms. The smallest absolute Gasteiger partial charge is 0.250 e. The number of carbonyl (C=O) groups is 1. The summed E-state index contributed by atoms with van der Waals surface area (Å²) in [5, 5.41) is 0. The Morgan fingerprint density at radius 2 is 1.88 bits per heavy atom. The Kier molecular flexibility index (Phi) is 6.41. The molecule has 0 saturated carbocycles. The van der Waals surface area contributed by atoms with Gasteiger partial charge in [0, 0.05) is 31.1 Å². The van der Waals surface area contributed by atoms with Gasteiger partial charge in [0.25, 0.3) is 10.0 Å². The summed E-state index contributed by atoms with van der Waals surface area (Å²) in [7, 11) is -1.65. The summed E-state index contributed by atoms with van der Waals surface area (Å²) in [5.41, 5.74) is 0. The highest BCUT2D eigenvalue weighted by Gasteiger charge is 2.31. The van der Waals surface area contributed by atoms with Gasteiger partial charge in [-0.1, -0.05) is 13.8 Å². The fraction of sp³-hybridized carbons (Fsp3) is 0.688. The number of hydrogen-bond donors (Lipinski definition) is 1. The van der Waals surface area contributed by atoms with Gasteiger partial charge in [-0.25, -0.2) is 8.42 Å². The van der Waals surface area contributed by atoms with Crippen LogP contribution >= 0.6 is 11.3 Å². The Hall–Kier alpha value is -0.960. The number of carbonyl (C=O) groups excluding carboxylic acids is 1. The molecule has 2 heterocycles. The maximum Gasteiger partial charge on any atom is 0.250 e. The standard InChI is InChI=1S/C16H27N3O3S2/c1-12(2)11-14(16(20)19-9-7-18(4)8-10-19)17-24(21,22)15-6-5-13(3)23-15/h5-6,12,14,17H,7-11H2,1-4H3/t14-/m0/s1. The predicted molar refractivity (Wildman–Crippen MR) is 96.7 cm³/mol. The fourth-order valence-electron chi connectivity index (χ4n) is 2.72. The number of thiophene rings is 1. The van der Waals surface area contributed by atoms with Crippen molar-refractivity contribution < 1.29 is 13.2 Å². The highest BCUT2D eigenvalue weighted by Crippen LogP contribution is 2.22. The number of hydrogen-bond acceptors (Lipinski definition) is 5. The van der Waals surface area contributed by atoms with E-state index >= 15 is 0 Å². The molecule has 0 aromatic carbocycles. The lowest BCUT2D eigenvalue weighted by atomic mass is 10.0. The summed E-state index contributed by atoms with van der Waals surface area (Å²) in [6, 6.07) is 2.66. The Morgan fingerprint density at radius 3 is 2.38 bits per heavy atom. The monoisotopic (exact) mass is 373 g/mol. The first-order chi connectivity index (χ1) is 11.2. The van der Waals surface area contributed by atoms with Crippen LogP contribution in [0.1, 0.15) is 25.1 Å². The molecular formula is C16H27N3O3S2. The van der Waals surface area contributed by atoms with Gasteiger partial charge in [0.15, 0.2) is 0 Å². The third kappa shape index (κ3) is 5.02. The van der Waals surface area contributed by atoms with E-state index in [4.69, 9.17) is 0 Å². The van der Waals surface area contributed by atoms with Crippen LogP contribution in [-0.4, -0.2) is 63.4 Å². The zero-order valence-electron chi connectivity index (χ0n) is 14.8. The molecule has 1 aromatic heterocycles. The van der Waals surface area contributed by atoms with E-state index in [2.05, 4.69) is 9.62 Å². The second-order valence-electron chi connectivity index (χ2n) is 6.80. The van der Waals surface area contributed by atoms with Gasteiger partial charge in [-0.15, -0.1) is 11.3 Å². The van der Waals surface area contributed by atoms with Crippen LogP contribution < -0.4 is 4.72 Å². The van der Waals surface area contributed by atoms with Crippen molar-refractivity contribution in [3.05, 3.63) is 17.0 Å². The third-order valence-electron chi connectivity index (χ3n) is 4.10. The lowest BCUT2D eigenvalue weighted by molar-refractivity contribution is -0.135. The normalized spacial score (nSPS) is 18.1. The first-order valence-electron chi connectivity index (χ1n) is 8.25. The average molecular weight is 374 g/mol. The van der Waals surface area contributed by atoms with E-state index < -0.39 is 16.1 Å². The molecule has 1 fully saturated rings. The lowest BCUT2D eigenvalue weighted by Gasteiger charge is -2.35. The molecule has 1 amide bonds. The summed E-state index contributed by atoms with van der Waals surface area (Å²) < 4.78 is 28.1. The van der Waals surface area contributed by atoms with Gasteiger partial charge >= 0.3 is 0 Å². The highest BCUT2D eigenvalue weighted by molar-refractivity contribution is 7.91. The van der Waals surface area contributed by atoms with Gasteiger partial charge in [0.2, 0.25) is 5.91 Å². The molecule has 1 N–H and O–H groups in total. The maximum absolute atomic E-state index is 12.8. The number of nitrogens with one attached hydrogen (secondary N) is 1. The minimum absolute atomic E-state index is 0.117.